The van der Waals surface area contributed by atoms with Crippen molar-refractivity contribution in [3.63, 3.8) is 0 Å². The molecule has 0 radical (unpaired) electrons. The summed E-state index contributed by atoms with van der Waals surface area (Å²) in [7, 11) is 0. The minimum atomic E-state index is -0.575. The van der Waals surface area contributed by atoms with E-state index < -0.39 is 5.91 Å². The van der Waals surface area contributed by atoms with Crippen LogP contribution in [0.15, 0.2) is 34.9 Å². The average Bonchev–Trinajstić information content (AvgIpc) is 3.30. The van der Waals surface area contributed by atoms with E-state index in [0.29, 0.717) is 11.3 Å². The highest BCUT2D eigenvalue weighted by Crippen LogP contribution is 2.37. The number of nitrogens with one attached hydrogen (secondary N) is 1. The number of nitrogen functional groups attached to an aromatic ring is 2. The Morgan fingerprint density at radius 3 is 2.65 bits per heavy atom. The number of para-hydroxylation sites is 1. The molecule has 2 aromatic rings. The number of benzene rings is 1. The first-order chi connectivity index (χ1) is 14.9. The number of furan rings is 1. The molecule has 3 unspecified atom stereocenters. The number of carbonyl (C=O) groups is 3. The van der Waals surface area contributed by atoms with Crippen LogP contribution in [0.1, 0.15) is 58.6 Å². The van der Waals surface area contributed by atoms with E-state index in [1.165, 1.54) is 12.3 Å². The van der Waals surface area contributed by atoms with Gasteiger partial charge < -0.3 is 31.8 Å². The van der Waals surface area contributed by atoms with Gasteiger partial charge in [0, 0.05) is 12.1 Å². The topological polar surface area (TPSA) is 158 Å². The molecule has 2 fully saturated rings. The Morgan fingerprint density at radius 1 is 1.06 bits per heavy atom. The molecule has 1 aromatic carbocycles. The van der Waals surface area contributed by atoms with Gasteiger partial charge in [0.2, 0.25) is 5.91 Å². The van der Waals surface area contributed by atoms with Gasteiger partial charge in [-0.15, -0.1) is 0 Å². The Labute approximate surface area is 179 Å². The molecule has 4 rings (SSSR count). The molecule has 164 valence electrons. The normalized spacial score (nSPS) is 22.7. The van der Waals surface area contributed by atoms with E-state index in [1.807, 2.05) is 4.90 Å². The van der Waals surface area contributed by atoms with Gasteiger partial charge in [-0.25, -0.2) is 0 Å². The number of hydrogen-bond donors (Lipinski definition) is 4. The monoisotopic (exact) mass is 425 g/mol. The summed E-state index contributed by atoms with van der Waals surface area (Å²) in [4.78, 5) is 39.5. The zero-order valence-electron chi connectivity index (χ0n) is 17.2. The first kappa shape index (κ1) is 20.8. The highest BCUT2D eigenvalue weighted by atomic mass is 16.3. The molecule has 0 spiro atoms. The maximum atomic E-state index is 13.4. The lowest BCUT2D eigenvalue weighted by Crippen LogP contribution is -2.51. The third-order valence-corrected chi connectivity index (χ3v) is 6.31. The number of nitrogens with two attached hydrogens (primary N) is 3. The smallest absolute Gasteiger partial charge is 0.256 e. The molecule has 0 aliphatic carbocycles. The Kier molecular flexibility index (Phi) is 5.58. The standard InChI is InChI=1S/C22H27N5O4/c23-15-5-2-4-14(20(15)25)22(30)27-12-3-1-6-16(17(27)8-7-12)26-21(29)13-9-10-31-18(13)11-19(24)28/h2,4-5,9-10,12,16-17H,1,3,6-8,11,23,25H2,(H2,24,28)(H,26,29). The van der Waals surface area contributed by atoms with Gasteiger partial charge in [-0.05, 0) is 50.3 Å². The third-order valence-electron chi connectivity index (χ3n) is 6.31. The molecule has 2 saturated heterocycles. The molecule has 3 heterocycles. The summed E-state index contributed by atoms with van der Waals surface area (Å²) in [5.74, 6) is -0.829. The summed E-state index contributed by atoms with van der Waals surface area (Å²) in [6.45, 7) is 0. The van der Waals surface area contributed by atoms with Crippen LogP contribution >= 0.6 is 0 Å². The highest BCUT2D eigenvalue weighted by molar-refractivity contribution is 6.02. The van der Waals surface area contributed by atoms with E-state index in [2.05, 4.69) is 5.32 Å². The second-order valence-electron chi connectivity index (χ2n) is 8.23. The van der Waals surface area contributed by atoms with Gasteiger partial charge in [0.15, 0.2) is 0 Å². The van der Waals surface area contributed by atoms with E-state index in [1.54, 1.807) is 18.2 Å². The van der Waals surface area contributed by atoms with Crippen molar-refractivity contribution in [3.05, 3.63) is 47.4 Å². The Bertz CT molecular complexity index is 1020. The van der Waals surface area contributed by atoms with Gasteiger partial charge in [0.25, 0.3) is 11.8 Å². The second kappa shape index (κ2) is 8.33. The number of amides is 3. The van der Waals surface area contributed by atoms with Crippen molar-refractivity contribution in [1.82, 2.24) is 10.2 Å². The first-order valence-electron chi connectivity index (χ1n) is 10.5. The van der Waals surface area contributed by atoms with Crippen LogP contribution in [-0.4, -0.2) is 40.7 Å². The maximum absolute atomic E-state index is 13.4. The average molecular weight is 425 g/mol. The molecule has 2 bridgehead atoms. The predicted molar refractivity (Wildman–Crippen MR) is 115 cm³/mol. The lowest BCUT2D eigenvalue weighted by atomic mass is 9.96. The Balaban J connectivity index is 1.57. The minimum Gasteiger partial charge on any atom is -0.468 e. The van der Waals surface area contributed by atoms with Crippen molar-refractivity contribution in [2.75, 3.05) is 11.5 Å². The quantitative estimate of drug-likeness (QED) is 0.531. The summed E-state index contributed by atoms with van der Waals surface area (Å²) >= 11 is 0. The van der Waals surface area contributed by atoms with Crippen LogP contribution in [0.3, 0.4) is 0 Å². The fraction of sp³-hybridized carbons (Fsp3) is 0.409. The summed E-state index contributed by atoms with van der Waals surface area (Å²) in [5, 5.41) is 3.06. The zero-order valence-corrected chi connectivity index (χ0v) is 17.2. The number of anilines is 2. The van der Waals surface area contributed by atoms with Crippen LogP contribution in [0, 0.1) is 0 Å². The number of fused-ring (bicyclic) bond motifs is 2. The van der Waals surface area contributed by atoms with E-state index >= 15 is 0 Å². The van der Waals surface area contributed by atoms with Gasteiger partial charge in [-0.1, -0.05) is 6.07 Å². The summed E-state index contributed by atoms with van der Waals surface area (Å²) < 4.78 is 5.26. The number of primary amides is 1. The predicted octanol–water partition coefficient (Wildman–Crippen LogP) is 1.43. The van der Waals surface area contributed by atoms with Crippen LogP contribution in [0.2, 0.25) is 0 Å². The number of nitrogens with zero attached hydrogens (tertiary/aromatic N) is 1. The van der Waals surface area contributed by atoms with Crippen LogP contribution in [0.4, 0.5) is 11.4 Å². The summed E-state index contributed by atoms with van der Waals surface area (Å²) in [6, 6.07) is 6.35. The van der Waals surface area contributed by atoms with Gasteiger partial charge in [0.05, 0.1) is 41.2 Å². The lowest BCUT2D eigenvalue weighted by Gasteiger charge is -2.33. The van der Waals surface area contributed by atoms with Crippen molar-refractivity contribution < 1.29 is 18.8 Å². The second-order valence-corrected chi connectivity index (χ2v) is 8.23. The van der Waals surface area contributed by atoms with E-state index in [4.69, 9.17) is 21.6 Å². The molecular formula is C22H27N5O4. The third kappa shape index (κ3) is 3.95. The Hall–Kier alpha value is -3.49. The lowest BCUT2D eigenvalue weighted by molar-refractivity contribution is -0.117. The molecular weight excluding hydrogens is 398 g/mol. The number of carbonyl (C=O) groups excluding carboxylic acids is 3. The van der Waals surface area contributed by atoms with Crippen molar-refractivity contribution >= 4 is 29.1 Å². The summed E-state index contributed by atoms with van der Waals surface area (Å²) in [5.41, 5.74) is 18.6. The highest BCUT2D eigenvalue weighted by Gasteiger charge is 2.44. The molecule has 0 saturated carbocycles. The molecule has 3 atom stereocenters. The van der Waals surface area contributed by atoms with Crippen molar-refractivity contribution in [1.29, 1.82) is 0 Å². The van der Waals surface area contributed by atoms with Gasteiger partial charge in [0.1, 0.15) is 5.76 Å². The first-order valence-corrected chi connectivity index (χ1v) is 10.5. The molecule has 31 heavy (non-hydrogen) atoms. The largest absolute Gasteiger partial charge is 0.468 e. The van der Waals surface area contributed by atoms with E-state index in [-0.39, 0.29) is 53.4 Å². The van der Waals surface area contributed by atoms with Gasteiger partial charge >= 0.3 is 0 Å². The van der Waals surface area contributed by atoms with E-state index in [0.717, 1.165) is 32.1 Å². The SMILES string of the molecule is NC(=O)Cc1occc1C(=O)NC1CCCC2CCC1N2C(=O)c1cccc(N)c1N. The maximum Gasteiger partial charge on any atom is 0.256 e. The molecule has 7 N–H and O–H groups in total. The van der Waals surface area contributed by atoms with Crippen molar-refractivity contribution in [2.24, 2.45) is 5.73 Å². The fourth-order valence-electron chi connectivity index (χ4n) is 4.83. The molecule has 2 aliphatic heterocycles. The van der Waals surface area contributed by atoms with E-state index in [9.17, 15) is 14.4 Å². The van der Waals surface area contributed by atoms with Gasteiger partial charge in [-0.2, -0.15) is 0 Å². The van der Waals surface area contributed by atoms with Crippen LogP contribution in [0.5, 0.6) is 0 Å². The van der Waals surface area contributed by atoms with Gasteiger partial charge in [-0.3, -0.25) is 14.4 Å². The Morgan fingerprint density at radius 2 is 1.87 bits per heavy atom. The van der Waals surface area contributed by atoms with Crippen LogP contribution in [-0.2, 0) is 11.2 Å². The molecule has 2 aliphatic rings. The minimum absolute atomic E-state index is 0.111. The zero-order chi connectivity index (χ0) is 22.1. The molecule has 3 amide bonds. The molecule has 9 nitrogen and oxygen atoms in total. The number of hydrogen-bond acceptors (Lipinski definition) is 6. The molecule has 9 heteroatoms. The number of rotatable bonds is 5. The van der Waals surface area contributed by atoms with Crippen molar-refractivity contribution in [3.8, 4) is 0 Å². The summed E-state index contributed by atoms with van der Waals surface area (Å²) in [6.07, 6.45) is 5.41. The van der Waals surface area contributed by atoms with Crippen LogP contribution < -0.4 is 22.5 Å². The molecule has 1 aromatic heterocycles. The van der Waals surface area contributed by atoms with Crippen LogP contribution in [0.25, 0.3) is 0 Å². The van der Waals surface area contributed by atoms with Crippen molar-refractivity contribution in [2.45, 2.75) is 56.7 Å². The fourth-order valence-corrected chi connectivity index (χ4v) is 4.83.